The van der Waals surface area contributed by atoms with Crippen molar-refractivity contribution in [1.29, 1.82) is 0 Å². The molecule has 0 unspecified atom stereocenters. The van der Waals surface area contributed by atoms with E-state index >= 15 is 0 Å². The van der Waals surface area contributed by atoms with E-state index in [2.05, 4.69) is 0 Å². The average Bonchev–Trinajstić information content (AvgIpc) is 0. The van der Waals surface area contributed by atoms with Gasteiger partial charge < -0.3 is 11.0 Å². The van der Waals surface area contributed by atoms with E-state index < -0.39 is 0 Å². The summed E-state index contributed by atoms with van der Waals surface area (Å²) in [6.07, 6.45) is 0. The van der Waals surface area contributed by atoms with E-state index in [9.17, 15) is 0 Å². The molecule has 4 heteroatoms. The van der Waals surface area contributed by atoms with Crippen LogP contribution in [0, 0.1) is 0 Å². The molecule has 0 radical (unpaired) electrons. The van der Waals surface area contributed by atoms with E-state index in [1.807, 2.05) is 0 Å². The van der Waals surface area contributed by atoms with Crippen LogP contribution in [0.15, 0.2) is 0 Å². The zero-order chi connectivity index (χ0) is 0. The van der Waals surface area contributed by atoms with Crippen molar-refractivity contribution in [3.63, 3.8) is 0 Å². The Morgan fingerprint density at radius 3 is 1.00 bits per heavy atom. The summed E-state index contributed by atoms with van der Waals surface area (Å²) >= 11 is 0. The van der Waals surface area contributed by atoms with Crippen molar-refractivity contribution < 1.29 is 81.8 Å². The van der Waals surface area contributed by atoms with Crippen LogP contribution in [0.2, 0.25) is 0 Å². The summed E-state index contributed by atoms with van der Waals surface area (Å²) in [5.41, 5.74) is 0. The summed E-state index contributed by atoms with van der Waals surface area (Å²) in [5, 5.41) is 0. The second-order valence-electron chi connectivity index (χ2n) is 0. The van der Waals surface area contributed by atoms with E-state index in [0.717, 1.165) is 0 Å². The Kier molecular flexibility index (Phi) is 166. The van der Waals surface area contributed by atoms with Gasteiger partial charge in [-0.25, -0.2) is 0 Å². The minimum Gasteiger partial charge on any atom is -2.00 e. The molecule has 0 aromatic rings. The van der Waals surface area contributed by atoms with Gasteiger partial charge in [0.25, 0.3) is 0 Å². The summed E-state index contributed by atoms with van der Waals surface area (Å²) in [7, 11) is 0. The molecular weight excluding hydrogens is 136 g/mol. The van der Waals surface area contributed by atoms with E-state index in [-0.39, 0.29) is 81.8 Å². The first-order chi connectivity index (χ1) is 0. The maximum atomic E-state index is 0. The van der Waals surface area contributed by atoms with Crippen LogP contribution in [0.4, 0.5) is 0 Å². The second-order valence-corrected chi connectivity index (χ2v) is 0. The molecule has 0 aliphatic heterocycles. The molecule has 0 heterocycles. The molecule has 0 aliphatic rings. The van der Waals surface area contributed by atoms with Gasteiger partial charge in [-0.1, -0.05) is 0 Å². The Balaban J connectivity index is 0. The summed E-state index contributed by atoms with van der Waals surface area (Å²) in [5.74, 6) is 0. The molecule has 0 aromatic heterocycles. The van der Waals surface area contributed by atoms with Crippen LogP contribution in [0.3, 0.4) is 0 Å². The van der Waals surface area contributed by atoms with Crippen LogP contribution in [0.1, 0.15) is 0 Å². The Hall–Kier alpha value is 2.18. The molecule has 0 atom stereocenters. The number of rotatable bonds is 0. The van der Waals surface area contributed by atoms with Crippen molar-refractivity contribution >= 4 is 0 Å². The molecule has 0 saturated heterocycles. The van der Waals surface area contributed by atoms with Gasteiger partial charge in [0.05, 0.1) is 0 Å². The van der Waals surface area contributed by atoms with Gasteiger partial charge in [0.1, 0.15) is 0 Å². The minimum absolute atomic E-state index is 0. The van der Waals surface area contributed by atoms with Crippen LogP contribution in [0.25, 0.3) is 0 Å². The van der Waals surface area contributed by atoms with E-state index in [0.29, 0.717) is 0 Å². The molecule has 0 saturated carbocycles. The largest absolute Gasteiger partial charge is 2.00 e. The van der Waals surface area contributed by atoms with Crippen LogP contribution in [-0.4, -0.2) is 5.48 Å². The predicted molar refractivity (Wildman–Crippen MR) is 2.62 cm³/mol. The monoisotopic (exact) mass is 136 g/mol. The van der Waals surface area contributed by atoms with Crippen LogP contribution < -0.4 is 51.4 Å². The average molecular weight is 137 g/mol. The summed E-state index contributed by atoms with van der Waals surface area (Å²) in [6.45, 7) is 0. The first-order valence-electron chi connectivity index (χ1n) is 0. The van der Waals surface area contributed by atoms with Gasteiger partial charge in [0, 0.05) is 0 Å². The molecule has 0 aliphatic carbocycles. The molecule has 0 spiro atoms. The third-order valence-corrected chi connectivity index (χ3v) is 0. The van der Waals surface area contributed by atoms with Gasteiger partial charge in [-0.3, -0.25) is 0 Å². The fraction of sp³-hybridized carbons (Fsp3) is 0. The van der Waals surface area contributed by atoms with Crippen molar-refractivity contribution in [1.82, 2.24) is 0 Å². The molecule has 16 valence electrons. The fourth-order valence-corrected chi connectivity index (χ4v) is 0. The van der Waals surface area contributed by atoms with Gasteiger partial charge in [-0.05, 0) is 0 Å². The molecule has 1 N–H and O–H groups in total. The standard InChI is InChI=1S/K.H2O.O.Zn/h;1H2;;/q+1;;-2;+2/p-1. The first-order valence-corrected chi connectivity index (χ1v) is 0. The van der Waals surface area contributed by atoms with Gasteiger partial charge in [-0.15, -0.1) is 0 Å². The zero-order valence-electron chi connectivity index (χ0n) is 2.56. The van der Waals surface area contributed by atoms with Crippen molar-refractivity contribution in [2.75, 3.05) is 0 Å². The third-order valence-electron chi connectivity index (χ3n) is 0. The Labute approximate surface area is 80.1 Å². The maximum absolute atomic E-state index is 0. The SMILES string of the molecule is [K+].[O-2].[OH-].[Zn+2]. The van der Waals surface area contributed by atoms with Crippen molar-refractivity contribution in [2.24, 2.45) is 0 Å². The summed E-state index contributed by atoms with van der Waals surface area (Å²) in [6, 6.07) is 0. The molecule has 0 amide bonds. The summed E-state index contributed by atoms with van der Waals surface area (Å²) in [4.78, 5) is 0. The Bertz CT molecular complexity index is 6.00. The quantitative estimate of drug-likeness (QED) is 0.323. The normalized spacial score (nSPS) is 0. The maximum Gasteiger partial charge on any atom is 2.00 e. The molecule has 0 bridgehead atoms. The van der Waals surface area contributed by atoms with Crippen LogP contribution >= 0.6 is 0 Å². The third kappa shape index (κ3) is 8.89. The molecule has 4 heavy (non-hydrogen) atoms. The second kappa shape index (κ2) is 19.0. The number of hydrogen-bond acceptors (Lipinski definition) is 1. The topological polar surface area (TPSA) is 58.5 Å². The smallest absolute Gasteiger partial charge is 2.00 e. The van der Waals surface area contributed by atoms with Crippen molar-refractivity contribution in [3.05, 3.63) is 0 Å². The fourth-order valence-electron chi connectivity index (χ4n) is 0. The van der Waals surface area contributed by atoms with Crippen molar-refractivity contribution in [3.8, 4) is 0 Å². The minimum atomic E-state index is 0. The van der Waals surface area contributed by atoms with Gasteiger partial charge in [0.15, 0.2) is 0 Å². The van der Waals surface area contributed by atoms with Crippen LogP contribution in [0.5, 0.6) is 0 Å². The summed E-state index contributed by atoms with van der Waals surface area (Å²) < 4.78 is 0. The Morgan fingerprint density at radius 1 is 1.00 bits per heavy atom. The molecule has 2 nitrogen and oxygen atoms in total. The Morgan fingerprint density at radius 2 is 1.00 bits per heavy atom. The number of hydrogen-bond donors (Lipinski definition) is 0. The molecular formula is HKO2Zn. The first kappa shape index (κ1) is 34.9. The zero-order valence-corrected chi connectivity index (χ0v) is 8.65. The van der Waals surface area contributed by atoms with E-state index in [1.54, 1.807) is 0 Å². The van der Waals surface area contributed by atoms with Crippen molar-refractivity contribution in [2.45, 2.75) is 0 Å². The van der Waals surface area contributed by atoms with E-state index in [1.165, 1.54) is 0 Å². The molecule has 0 aromatic carbocycles. The van der Waals surface area contributed by atoms with Gasteiger partial charge in [-0.2, -0.15) is 0 Å². The molecule has 0 rings (SSSR count). The predicted octanol–water partition coefficient (Wildman–Crippen LogP) is -3.29. The molecule has 0 fully saturated rings. The van der Waals surface area contributed by atoms with Gasteiger partial charge in [0.2, 0.25) is 0 Å². The van der Waals surface area contributed by atoms with E-state index in [4.69, 9.17) is 0 Å². The van der Waals surface area contributed by atoms with Crippen LogP contribution in [-0.2, 0) is 25.0 Å². The van der Waals surface area contributed by atoms with Gasteiger partial charge >= 0.3 is 70.9 Å².